The smallest absolute Gasteiger partial charge is 0.203 e. The molecule has 118 valence electrons. The summed E-state index contributed by atoms with van der Waals surface area (Å²) in [6.07, 6.45) is 0. The molecule has 0 amide bonds. The molecule has 1 fully saturated rings. The topological polar surface area (TPSA) is 57.0 Å². The lowest BCUT2D eigenvalue weighted by molar-refractivity contribution is 0.285. The number of hydrogen-bond acceptors (Lipinski definition) is 5. The highest BCUT2D eigenvalue weighted by Gasteiger charge is 2.26. The summed E-state index contributed by atoms with van der Waals surface area (Å²) in [5.74, 6) is 2.62. The zero-order valence-corrected chi connectivity index (χ0v) is 13.4. The van der Waals surface area contributed by atoms with Gasteiger partial charge in [-0.05, 0) is 30.5 Å². The Morgan fingerprint density at radius 1 is 1.19 bits per heavy atom. The Morgan fingerprint density at radius 2 is 1.81 bits per heavy atom. The van der Waals surface area contributed by atoms with Crippen molar-refractivity contribution < 1.29 is 14.2 Å². The van der Waals surface area contributed by atoms with Gasteiger partial charge in [-0.1, -0.05) is 6.92 Å². The molecular weight excluding hydrogens is 268 g/mol. The summed E-state index contributed by atoms with van der Waals surface area (Å²) in [7, 11) is 3.30. The van der Waals surface area contributed by atoms with Crippen LogP contribution in [0.2, 0.25) is 0 Å². The summed E-state index contributed by atoms with van der Waals surface area (Å²) in [6.45, 7) is 7.52. The summed E-state index contributed by atoms with van der Waals surface area (Å²) >= 11 is 0. The Kier molecular flexibility index (Phi) is 5.31. The van der Waals surface area contributed by atoms with Gasteiger partial charge in [-0.2, -0.15) is 0 Å². The van der Waals surface area contributed by atoms with Crippen LogP contribution >= 0.6 is 0 Å². The van der Waals surface area contributed by atoms with Gasteiger partial charge in [-0.3, -0.25) is 4.90 Å². The maximum absolute atomic E-state index is 6.09. The van der Waals surface area contributed by atoms with E-state index in [4.69, 9.17) is 19.9 Å². The molecule has 1 aliphatic heterocycles. The van der Waals surface area contributed by atoms with Crippen LogP contribution in [0, 0.1) is 5.92 Å². The van der Waals surface area contributed by atoms with Gasteiger partial charge in [0.05, 0.1) is 20.8 Å². The lowest BCUT2D eigenvalue weighted by Gasteiger charge is -2.19. The molecule has 2 atom stereocenters. The van der Waals surface area contributed by atoms with Crippen LogP contribution in [-0.4, -0.2) is 44.9 Å². The van der Waals surface area contributed by atoms with E-state index in [2.05, 4.69) is 11.8 Å². The first kappa shape index (κ1) is 15.9. The molecule has 5 heteroatoms. The summed E-state index contributed by atoms with van der Waals surface area (Å²) in [4.78, 5) is 2.36. The van der Waals surface area contributed by atoms with Gasteiger partial charge in [0.25, 0.3) is 0 Å². The van der Waals surface area contributed by atoms with E-state index in [9.17, 15) is 0 Å². The second kappa shape index (κ2) is 7.00. The number of likely N-dealkylation sites (tertiary alicyclic amines) is 1. The predicted octanol–water partition coefficient (Wildman–Crippen LogP) is 1.88. The van der Waals surface area contributed by atoms with Gasteiger partial charge in [-0.25, -0.2) is 0 Å². The van der Waals surface area contributed by atoms with Crippen molar-refractivity contribution >= 4 is 0 Å². The fourth-order valence-electron chi connectivity index (χ4n) is 2.79. The average Bonchev–Trinajstić information content (AvgIpc) is 2.78. The van der Waals surface area contributed by atoms with Crippen molar-refractivity contribution in [3.8, 4) is 17.2 Å². The van der Waals surface area contributed by atoms with Crippen LogP contribution in [0.4, 0.5) is 0 Å². The van der Waals surface area contributed by atoms with Gasteiger partial charge in [0.2, 0.25) is 5.75 Å². The van der Waals surface area contributed by atoms with Crippen LogP contribution in [0.1, 0.15) is 19.4 Å². The highest BCUT2D eigenvalue weighted by Crippen LogP contribution is 2.39. The minimum absolute atomic E-state index is 0.261. The lowest BCUT2D eigenvalue weighted by atomic mass is 10.1. The van der Waals surface area contributed by atoms with E-state index in [-0.39, 0.29) is 6.04 Å². The number of nitrogens with zero attached hydrogens (tertiary/aromatic N) is 1. The Balaban J connectivity index is 2.20. The lowest BCUT2D eigenvalue weighted by Crippen LogP contribution is -2.28. The molecule has 21 heavy (non-hydrogen) atoms. The van der Waals surface area contributed by atoms with Crippen molar-refractivity contribution in [2.75, 3.05) is 33.9 Å². The van der Waals surface area contributed by atoms with Crippen molar-refractivity contribution in [1.82, 2.24) is 4.90 Å². The highest BCUT2D eigenvalue weighted by molar-refractivity contribution is 5.53. The molecule has 1 heterocycles. The third kappa shape index (κ3) is 3.60. The number of methoxy groups -OCH3 is 2. The Labute approximate surface area is 127 Å². The number of ether oxygens (including phenoxy) is 3. The number of benzene rings is 1. The van der Waals surface area contributed by atoms with Crippen LogP contribution in [0.15, 0.2) is 12.1 Å². The largest absolute Gasteiger partial charge is 0.493 e. The maximum Gasteiger partial charge on any atom is 0.203 e. The molecule has 5 nitrogen and oxygen atoms in total. The molecule has 0 radical (unpaired) electrons. The second-order valence-electron chi connectivity index (χ2n) is 5.60. The van der Waals surface area contributed by atoms with E-state index in [0.29, 0.717) is 29.8 Å². The van der Waals surface area contributed by atoms with Gasteiger partial charge in [0.15, 0.2) is 11.5 Å². The first-order valence-electron chi connectivity index (χ1n) is 7.44. The molecule has 0 bridgehead atoms. The van der Waals surface area contributed by atoms with Crippen molar-refractivity contribution in [2.24, 2.45) is 11.7 Å². The SMILES string of the molecule is CCOc1c(OC)cc(CN2CC(C)C(N)C2)cc1OC. The molecular formula is C16H26N2O3. The average molecular weight is 294 g/mol. The normalized spacial score (nSPS) is 22.3. The first-order valence-corrected chi connectivity index (χ1v) is 7.44. The van der Waals surface area contributed by atoms with Crippen LogP contribution in [0.5, 0.6) is 17.2 Å². The van der Waals surface area contributed by atoms with Crippen LogP contribution in [0.25, 0.3) is 0 Å². The number of nitrogens with two attached hydrogens (primary N) is 1. The molecule has 0 saturated carbocycles. The summed E-state index contributed by atoms with van der Waals surface area (Å²) in [5.41, 5.74) is 7.23. The van der Waals surface area contributed by atoms with Crippen molar-refractivity contribution in [3.05, 3.63) is 17.7 Å². The van der Waals surface area contributed by atoms with Gasteiger partial charge in [0.1, 0.15) is 0 Å². The zero-order valence-electron chi connectivity index (χ0n) is 13.4. The maximum atomic E-state index is 6.09. The fourth-order valence-corrected chi connectivity index (χ4v) is 2.79. The standard InChI is InChI=1S/C16H26N2O3/c1-5-21-16-14(19-3)6-12(7-15(16)20-4)9-18-8-11(2)13(17)10-18/h6-7,11,13H,5,8-10,17H2,1-4H3. The van der Waals surface area contributed by atoms with Crippen molar-refractivity contribution in [3.63, 3.8) is 0 Å². The van der Waals surface area contributed by atoms with Gasteiger partial charge >= 0.3 is 0 Å². The van der Waals surface area contributed by atoms with E-state index in [0.717, 1.165) is 25.2 Å². The Bertz CT molecular complexity index is 444. The van der Waals surface area contributed by atoms with Crippen molar-refractivity contribution in [2.45, 2.75) is 26.4 Å². The molecule has 0 aromatic heterocycles. The minimum Gasteiger partial charge on any atom is -0.493 e. The van der Waals surface area contributed by atoms with Crippen LogP contribution in [-0.2, 0) is 6.54 Å². The quantitative estimate of drug-likeness (QED) is 0.868. The summed E-state index contributed by atoms with van der Waals surface area (Å²) in [6, 6.07) is 4.29. The molecule has 0 spiro atoms. The van der Waals surface area contributed by atoms with E-state index >= 15 is 0 Å². The van der Waals surface area contributed by atoms with E-state index in [1.807, 2.05) is 19.1 Å². The fraction of sp³-hybridized carbons (Fsp3) is 0.625. The monoisotopic (exact) mass is 294 g/mol. The van der Waals surface area contributed by atoms with Crippen LogP contribution in [0.3, 0.4) is 0 Å². The summed E-state index contributed by atoms with van der Waals surface area (Å²) in [5, 5.41) is 0. The first-order chi connectivity index (χ1) is 10.1. The third-order valence-corrected chi connectivity index (χ3v) is 3.96. The molecule has 1 saturated heterocycles. The molecule has 1 aromatic carbocycles. The van der Waals surface area contributed by atoms with Gasteiger partial charge in [-0.15, -0.1) is 0 Å². The molecule has 0 aliphatic carbocycles. The Morgan fingerprint density at radius 3 is 2.24 bits per heavy atom. The van der Waals surface area contributed by atoms with Gasteiger partial charge in [0, 0.05) is 25.7 Å². The second-order valence-corrected chi connectivity index (χ2v) is 5.60. The van der Waals surface area contributed by atoms with Gasteiger partial charge < -0.3 is 19.9 Å². The molecule has 2 rings (SSSR count). The van der Waals surface area contributed by atoms with E-state index < -0.39 is 0 Å². The van der Waals surface area contributed by atoms with E-state index in [1.54, 1.807) is 14.2 Å². The Hall–Kier alpha value is -1.46. The number of hydrogen-bond donors (Lipinski definition) is 1. The van der Waals surface area contributed by atoms with Crippen molar-refractivity contribution in [1.29, 1.82) is 0 Å². The predicted molar refractivity (Wildman–Crippen MR) is 83.1 cm³/mol. The molecule has 2 unspecified atom stereocenters. The highest BCUT2D eigenvalue weighted by atomic mass is 16.5. The molecule has 1 aromatic rings. The third-order valence-electron chi connectivity index (χ3n) is 3.96. The number of rotatable bonds is 6. The zero-order chi connectivity index (χ0) is 15.4. The van der Waals surface area contributed by atoms with E-state index in [1.165, 1.54) is 0 Å². The minimum atomic E-state index is 0.261. The molecule has 1 aliphatic rings. The van der Waals surface area contributed by atoms with Crippen LogP contribution < -0.4 is 19.9 Å². The molecule has 2 N–H and O–H groups in total. The summed E-state index contributed by atoms with van der Waals surface area (Å²) < 4.78 is 16.5.